The number of benzene rings is 1. The summed E-state index contributed by atoms with van der Waals surface area (Å²) in [6.45, 7) is 7.92. The van der Waals surface area contributed by atoms with Crippen LogP contribution in [0.1, 0.15) is 31.0 Å². The Morgan fingerprint density at radius 1 is 1.15 bits per heavy atom. The Bertz CT molecular complexity index is 726. The zero-order chi connectivity index (χ0) is 19.2. The van der Waals surface area contributed by atoms with Crippen LogP contribution in [0.3, 0.4) is 0 Å². The van der Waals surface area contributed by atoms with E-state index in [4.69, 9.17) is 4.74 Å². The van der Waals surface area contributed by atoms with Gasteiger partial charge in [-0.2, -0.15) is 0 Å². The third-order valence-corrected chi connectivity index (χ3v) is 4.70. The second kappa shape index (κ2) is 8.97. The molecule has 27 heavy (non-hydrogen) atoms. The SMILES string of the molecule is CC(C)Oc1ccc([C@@H](C(=O)O)N2CCN(Cc3cccnc3)CC2)cc1. The highest BCUT2D eigenvalue weighted by Gasteiger charge is 2.30. The maximum Gasteiger partial charge on any atom is 0.325 e. The molecule has 2 heterocycles. The molecule has 0 aliphatic carbocycles. The molecule has 1 atom stereocenters. The van der Waals surface area contributed by atoms with Gasteiger partial charge >= 0.3 is 5.97 Å². The topological polar surface area (TPSA) is 65.9 Å². The molecular weight excluding hydrogens is 342 g/mol. The molecule has 1 aromatic heterocycles. The van der Waals surface area contributed by atoms with Crippen molar-refractivity contribution in [3.8, 4) is 5.75 Å². The molecule has 6 heteroatoms. The van der Waals surface area contributed by atoms with Crippen LogP contribution in [0.25, 0.3) is 0 Å². The average molecular weight is 369 g/mol. The summed E-state index contributed by atoms with van der Waals surface area (Å²) in [5, 5.41) is 9.80. The first-order chi connectivity index (χ1) is 13.0. The minimum absolute atomic E-state index is 0.0963. The minimum Gasteiger partial charge on any atom is -0.491 e. The molecule has 144 valence electrons. The van der Waals surface area contributed by atoms with Crippen LogP contribution >= 0.6 is 0 Å². The van der Waals surface area contributed by atoms with Crippen LogP contribution in [-0.4, -0.2) is 58.1 Å². The van der Waals surface area contributed by atoms with Gasteiger partial charge in [0.05, 0.1) is 6.10 Å². The van der Waals surface area contributed by atoms with Crippen molar-refractivity contribution in [2.24, 2.45) is 0 Å². The summed E-state index contributed by atoms with van der Waals surface area (Å²) >= 11 is 0. The maximum atomic E-state index is 11.9. The van der Waals surface area contributed by atoms with E-state index in [1.807, 2.05) is 55.3 Å². The first-order valence-electron chi connectivity index (χ1n) is 9.37. The Morgan fingerprint density at radius 2 is 1.85 bits per heavy atom. The van der Waals surface area contributed by atoms with Gasteiger partial charge in [-0.05, 0) is 43.2 Å². The number of hydrogen-bond acceptors (Lipinski definition) is 5. The molecule has 1 N–H and O–H groups in total. The molecule has 0 radical (unpaired) electrons. The monoisotopic (exact) mass is 369 g/mol. The molecule has 3 rings (SSSR count). The lowest BCUT2D eigenvalue weighted by molar-refractivity contribution is -0.144. The number of carbonyl (C=O) groups is 1. The van der Waals surface area contributed by atoms with Crippen LogP contribution in [0, 0.1) is 0 Å². The summed E-state index contributed by atoms with van der Waals surface area (Å²) in [6, 6.07) is 10.8. The Balaban J connectivity index is 1.62. The van der Waals surface area contributed by atoms with E-state index in [9.17, 15) is 9.90 Å². The quantitative estimate of drug-likeness (QED) is 0.810. The minimum atomic E-state index is -0.812. The predicted molar refractivity (Wildman–Crippen MR) is 104 cm³/mol. The molecule has 1 aromatic carbocycles. The second-order valence-electron chi connectivity index (χ2n) is 7.15. The molecule has 0 saturated carbocycles. The molecule has 6 nitrogen and oxygen atoms in total. The van der Waals surface area contributed by atoms with Gasteiger partial charge in [-0.1, -0.05) is 18.2 Å². The third-order valence-electron chi connectivity index (χ3n) is 4.70. The normalized spacial score (nSPS) is 17.0. The maximum absolute atomic E-state index is 11.9. The highest BCUT2D eigenvalue weighted by atomic mass is 16.5. The smallest absolute Gasteiger partial charge is 0.325 e. The number of aromatic nitrogens is 1. The molecule has 0 spiro atoms. The fraction of sp³-hybridized carbons (Fsp3) is 0.429. The lowest BCUT2D eigenvalue weighted by Gasteiger charge is -2.37. The number of carboxylic acids is 1. The van der Waals surface area contributed by atoms with E-state index in [0.717, 1.165) is 44.0 Å². The second-order valence-corrected chi connectivity index (χ2v) is 7.15. The highest BCUT2D eigenvalue weighted by molar-refractivity contribution is 5.75. The largest absolute Gasteiger partial charge is 0.491 e. The number of carboxylic acid groups (broad SMARTS) is 1. The zero-order valence-corrected chi connectivity index (χ0v) is 15.9. The van der Waals surface area contributed by atoms with E-state index in [0.29, 0.717) is 0 Å². The molecule has 1 aliphatic heterocycles. The Kier molecular flexibility index (Phi) is 6.42. The molecule has 1 fully saturated rings. The van der Waals surface area contributed by atoms with Crippen LogP contribution in [-0.2, 0) is 11.3 Å². The van der Waals surface area contributed by atoms with E-state index < -0.39 is 12.0 Å². The van der Waals surface area contributed by atoms with E-state index in [-0.39, 0.29) is 6.10 Å². The summed E-state index contributed by atoms with van der Waals surface area (Å²) < 4.78 is 5.65. The number of piperazine rings is 1. The number of nitrogens with zero attached hydrogens (tertiary/aromatic N) is 3. The van der Waals surface area contributed by atoms with E-state index in [2.05, 4.69) is 16.0 Å². The Labute approximate surface area is 160 Å². The summed E-state index contributed by atoms with van der Waals surface area (Å²) in [6.07, 6.45) is 3.75. The summed E-state index contributed by atoms with van der Waals surface area (Å²) in [5.41, 5.74) is 1.97. The summed E-state index contributed by atoms with van der Waals surface area (Å²) in [7, 11) is 0. The van der Waals surface area contributed by atoms with Gasteiger partial charge in [0.15, 0.2) is 0 Å². The van der Waals surface area contributed by atoms with Crippen LogP contribution in [0.5, 0.6) is 5.75 Å². The average Bonchev–Trinajstić information content (AvgIpc) is 2.65. The van der Waals surface area contributed by atoms with Crippen molar-refractivity contribution < 1.29 is 14.6 Å². The van der Waals surface area contributed by atoms with E-state index in [1.54, 1.807) is 6.20 Å². The predicted octanol–water partition coefficient (Wildman–Crippen LogP) is 2.81. The van der Waals surface area contributed by atoms with Gasteiger partial charge < -0.3 is 9.84 Å². The Hall–Kier alpha value is -2.44. The number of aliphatic carboxylic acids is 1. The number of pyridine rings is 1. The molecule has 0 unspecified atom stereocenters. The lowest BCUT2D eigenvalue weighted by atomic mass is 10.0. The first kappa shape index (κ1) is 19.3. The van der Waals surface area contributed by atoms with Crippen molar-refractivity contribution in [1.29, 1.82) is 0 Å². The van der Waals surface area contributed by atoms with Gasteiger partial charge in [-0.15, -0.1) is 0 Å². The van der Waals surface area contributed by atoms with Gasteiger partial charge in [-0.25, -0.2) is 0 Å². The summed E-state index contributed by atoms with van der Waals surface area (Å²) in [4.78, 5) is 20.5. The van der Waals surface area contributed by atoms with Gasteiger partial charge in [0.25, 0.3) is 0 Å². The van der Waals surface area contributed by atoms with Crippen molar-refractivity contribution in [2.45, 2.75) is 32.5 Å². The fourth-order valence-corrected chi connectivity index (χ4v) is 3.44. The van der Waals surface area contributed by atoms with Crippen molar-refractivity contribution in [3.05, 3.63) is 59.9 Å². The van der Waals surface area contributed by atoms with Crippen molar-refractivity contribution in [3.63, 3.8) is 0 Å². The van der Waals surface area contributed by atoms with Crippen LogP contribution in [0.15, 0.2) is 48.8 Å². The van der Waals surface area contributed by atoms with Crippen LogP contribution in [0.2, 0.25) is 0 Å². The van der Waals surface area contributed by atoms with Crippen molar-refractivity contribution in [1.82, 2.24) is 14.8 Å². The van der Waals surface area contributed by atoms with Crippen LogP contribution in [0.4, 0.5) is 0 Å². The Morgan fingerprint density at radius 3 is 2.41 bits per heavy atom. The fourth-order valence-electron chi connectivity index (χ4n) is 3.44. The molecule has 0 amide bonds. The van der Waals surface area contributed by atoms with Gasteiger partial charge in [0, 0.05) is 45.1 Å². The number of ether oxygens (including phenoxy) is 1. The van der Waals surface area contributed by atoms with E-state index >= 15 is 0 Å². The van der Waals surface area contributed by atoms with Crippen LogP contribution < -0.4 is 4.74 Å². The molecule has 0 bridgehead atoms. The highest BCUT2D eigenvalue weighted by Crippen LogP contribution is 2.25. The molecule has 1 aliphatic rings. The van der Waals surface area contributed by atoms with Crippen molar-refractivity contribution >= 4 is 5.97 Å². The van der Waals surface area contributed by atoms with Gasteiger partial charge in [-0.3, -0.25) is 19.6 Å². The standard InChI is InChI=1S/C21H27N3O3/c1-16(2)27-19-7-5-18(6-8-19)20(21(25)26)24-12-10-23(11-13-24)15-17-4-3-9-22-14-17/h3-9,14,16,20H,10-13,15H2,1-2H3,(H,25,26)/t20-/m0/s1. The molecular formula is C21H27N3O3. The zero-order valence-electron chi connectivity index (χ0n) is 15.9. The van der Waals surface area contributed by atoms with E-state index in [1.165, 1.54) is 5.56 Å². The molecule has 1 saturated heterocycles. The van der Waals surface area contributed by atoms with Gasteiger partial charge in [0.1, 0.15) is 11.8 Å². The molecule has 2 aromatic rings. The number of rotatable bonds is 7. The first-order valence-corrected chi connectivity index (χ1v) is 9.37. The number of hydrogen-bond donors (Lipinski definition) is 1. The third kappa shape index (κ3) is 5.28. The lowest BCUT2D eigenvalue weighted by Crippen LogP contribution is -2.48. The summed E-state index contributed by atoms with van der Waals surface area (Å²) in [5.74, 6) is -0.0487. The van der Waals surface area contributed by atoms with Crippen molar-refractivity contribution in [2.75, 3.05) is 26.2 Å². The van der Waals surface area contributed by atoms with Gasteiger partial charge in [0.2, 0.25) is 0 Å².